The van der Waals surface area contributed by atoms with Crippen LogP contribution < -0.4 is 11.3 Å². The third kappa shape index (κ3) is 2.36. The van der Waals surface area contributed by atoms with Gasteiger partial charge in [0.15, 0.2) is 0 Å². The lowest BCUT2D eigenvalue weighted by atomic mass is 10.1. The quantitative estimate of drug-likeness (QED) is 0.501. The van der Waals surface area contributed by atoms with Crippen molar-refractivity contribution in [3.05, 3.63) is 32.9 Å². The highest BCUT2D eigenvalue weighted by molar-refractivity contribution is 6.48. The number of nitrogens with one attached hydrogen (secondary N) is 1. The van der Waals surface area contributed by atoms with Gasteiger partial charge in [-0.1, -0.05) is 48.1 Å². The molecule has 0 unspecified atom stereocenters. The Kier molecular flexibility index (Phi) is 4.17. The van der Waals surface area contributed by atoms with Crippen molar-refractivity contribution in [2.24, 2.45) is 5.84 Å². The summed E-state index contributed by atoms with van der Waals surface area (Å²) in [5.74, 6) is 5.53. The number of aryl methyl sites for hydroxylation is 1. The van der Waals surface area contributed by atoms with Crippen LogP contribution in [0.15, 0.2) is 12.1 Å². The SMILES string of the molecule is CCCc1cc(NN)c2c(Cl)c(Cl)cc(Cl)c2n1. The van der Waals surface area contributed by atoms with Gasteiger partial charge in [-0.25, -0.2) is 0 Å². The van der Waals surface area contributed by atoms with Crippen LogP contribution in [-0.2, 0) is 6.42 Å². The summed E-state index contributed by atoms with van der Waals surface area (Å²) >= 11 is 18.4. The molecule has 1 heterocycles. The molecule has 2 rings (SSSR count). The molecule has 0 aliphatic heterocycles. The summed E-state index contributed by atoms with van der Waals surface area (Å²) in [4.78, 5) is 4.50. The van der Waals surface area contributed by atoms with E-state index in [1.54, 1.807) is 6.07 Å². The van der Waals surface area contributed by atoms with Crippen molar-refractivity contribution in [3.8, 4) is 0 Å². The molecule has 3 nitrogen and oxygen atoms in total. The highest BCUT2D eigenvalue weighted by Gasteiger charge is 2.14. The number of anilines is 1. The van der Waals surface area contributed by atoms with E-state index in [0.717, 1.165) is 18.5 Å². The number of pyridine rings is 1. The van der Waals surface area contributed by atoms with Crippen LogP contribution in [-0.4, -0.2) is 4.98 Å². The fraction of sp³-hybridized carbons (Fsp3) is 0.250. The fourth-order valence-corrected chi connectivity index (χ4v) is 2.60. The molecule has 0 radical (unpaired) electrons. The molecule has 0 atom stereocenters. The van der Waals surface area contributed by atoms with Crippen LogP contribution >= 0.6 is 34.8 Å². The Bertz CT molecular complexity index is 599. The molecule has 96 valence electrons. The molecule has 1 aromatic heterocycles. The number of aromatic nitrogens is 1. The average molecular weight is 305 g/mol. The maximum absolute atomic E-state index is 6.19. The molecule has 1 aromatic carbocycles. The minimum absolute atomic E-state index is 0.385. The van der Waals surface area contributed by atoms with Crippen molar-refractivity contribution in [3.63, 3.8) is 0 Å². The summed E-state index contributed by atoms with van der Waals surface area (Å²) in [5.41, 5.74) is 4.83. The zero-order valence-electron chi connectivity index (χ0n) is 9.73. The number of rotatable bonds is 3. The van der Waals surface area contributed by atoms with E-state index in [1.807, 2.05) is 6.07 Å². The average Bonchev–Trinajstić information content (AvgIpc) is 2.35. The van der Waals surface area contributed by atoms with Crippen LogP contribution in [0.5, 0.6) is 0 Å². The second-order valence-electron chi connectivity index (χ2n) is 3.93. The summed E-state index contributed by atoms with van der Waals surface area (Å²) in [6.45, 7) is 2.08. The Balaban J connectivity index is 2.82. The number of fused-ring (bicyclic) bond motifs is 1. The number of halogens is 3. The van der Waals surface area contributed by atoms with Crippen LogP contribution in [0.3, 0.4) is 0 Å². The number of nitrogen functional groups attached to an aromatic ring is 1. The Morgan fingerprint density at radius 3 is 2.56 bits per heavy atom. The molecule has 6 heteroatoms. The molecule has 2 aromatic rings. The molecule has 18 heavy (non-hydrogen) atoms. The standard InChI is InChI=1S/C12H12Cl3N3/c1-2-3-6-4-9(18-16)10-11(15)7(13)5-8(14)12(10)17-6/h4-5H,2-3,16H2,1H3,(H,17,18). The largest absolute Gasteiger partial charge is 0.323 e. The van der Waals surface area contributed by atoms with E-state index < -0.39 is 0 Å². The van der Waals surface area contributed by atoms with Gasteiger partial charge in [-0.2, -0.15) is 0 Å². The molecule has 0 bridgehead atoms. The van der Waals surface area contributed by atoms with E-state index in [4.69, 9.17) is 40.6 Å². The summed E-state index contributed by atoms with van der Waals surface area (Å²) in [7, 11) is 0. The van der Waals surface area contributed by atoms with Crippen molar-refractivity contribution >= 4 is 51.4 Å². The molecule has 0 aliphatic rings. The zero-order chi connectivity index (χ0) is 13.3. The molecule has 0 aliphatic carbocycles. The van der Waals surface area contributed by atoms with Crippen molar-refractivity contribution in [2.75, 3.05) is 5.43 Å². The molecule has 0 spiro atoms. The lowest BCUT2D eigenvalue weighted by molar-refractivity contribution is 0.890. The van der Waals surface area contributed by atoms with E-state index in [0.29, 0.717) is 31.7 Å². The third-order valence-corrected chi connectivity index (χ3v) is 3.72. The number of nitrogens with zero attached hydrogens (tertiary/aromatic N) is 1. The molecule has 3 N–H and O–H groups in total. The van der Waals surface area contributed by atoms with Gasteiger partial charge < -0.3 is 5.43 Å². The maximum Gasteiger partial charge on any atom is 0.0928 e. The molecular weight excluding hydrogens is 293 g/mol. The van der Waals surface area contributed by atoms with Gasteiger partial charge in [-0.15, -0.1) is 0 Å². The van der Waals surface area contributed by atoms with E-state index >= 15 is 0 Å². The Hall–Kier alpha value is -0.740. The summed E-state index contributed by atoms with van der Waals surface area (Å²) in [6.07, 6.45) is 1.84. The van der Waals surface area contributed by atoms with Gasteiger partial charge in [0.2, 0.25) is 0 Å². The Morgan fingerprint density at radius 1 is 1.22 bits per heavy atom. The lowest BCUT2D eigenvalue weighted by Gasteiger charge is -2.12. The topological polar surface area (TPSA) is 50.9 Å². The number of benzene rings is 1. The third-order valence-electron chi connectivity index (χ3n) is 2.64. The number of nitrogens with two attached hydrogens (primary N) is 1. The smallest absolute Gasteiger partial charge is 0.0928 e. The van der Waals surface area contributed by atoms with Crippen molar-refractivity contribution in [1.29, 1.82) is 0 Å². The molecular formula is C12H12Cl3N3. The van der Waals surface area contributed by atoms with Gasteiger partial charge >= 0.3 is 0 Å². The number of hydrogen-bond acceptors (Lipinski definition) is 3. The first kappa shape index (κ1) is 13.7. The van der Waals surface area contributed by atoms with Crippen LogP contribution in [0.1, 0.15) is 19.0 Å². The summed E-state index contributed by atoms with van der Waals surface area (Å²) in [5, 5.41) is 1.90. The monoisotopic (exact) mass is 303 g/mol. The second-order valence-corrected chi connectivity index (χ2v) is 5.13. The van der Waals surface area contributed by atoms with Crippen LogP contribution in [0, 0.1) is 0 Å². The van der Waals surface area contributed by atoms with Crippen molar-refractivity contribution in [1.82, 2.24) is 4.98 Å². The highest BCUT2D eigenvalue weighted by Crippen LogP contribution is 2.39. The van der Waals surface area contributed by atoms with Gasteiger partial charge in [-0.3, -0.25) is 10.8 Å². The van der Waals surface area contributed by atoms with Gasteiger partial charge in [0.25, 0.3) is 0 Å². The minimum Gasteiger partial charge on any atom is -0.323 e. The molecule has 0 amide bonds. The minimum atomic E-state index is 0.385. The molecule has 0 saturated heterocycles. The van der Waals surface area contributed by atoms with Crippen molar-refractivity contribution in [2.45, 2.75) is 19.8 Å². The first-order valence-electron chi connectivity index (χ1n) is 5.52. The van der Waals surface area contributed by atoms with Gasteiger partial charge in [-0.05, 0) is 18.6 Å². The van der Waals surface area contributed by atoms with E-state index in [9.17, 15) is 0 Å². The Labute approximate surface area is 120 Å². The molecule has 0 saturated carbocycles. The fourth-order valence-electron chi connectivity index (χ4n) is 1.85. The number of hydrogen-bond donors (Lipinski definition) is 2. The van der Waals surface area contributed by atoms with E-state index in [1.165, 1.54) is 0 Å². The first-order chi connectivity index (χ1) is 8.58. The van der Waals surface area contributed by atoms with Crippen LogP contribution in [0.4, 0.5) is 5.69 Å². The van der Waals surface area contributed by atoms with Crippen LogP contribution in [0.25, 0.3) is 10.9 Å². The van der Waals surface area contributed by atoms with Gasteiger partial charge in [0, 0.05) is 11.1 Å². The van der Waals surface area contributed by atoms with E-state index in [-0.39, 0.29) is 0 Å². The van der Waals surface area contributed by atoms with Crippen LogP contribution in [0.2, 0.25) is 15.1 Å². The molecule has 0 fully saturated rings. The second kappa shape index (κ2) is 5.49. The predicted octanol–water partition coefficient (Wildman–Crippen LogP) is 4.43. The zero-order valence-corrected chi connectivity index (χ0v) is 12.0. The highest BCUT2D eigenvalue weighted by atomic mass is 35.5. The number of hydrazine groups is 1. The van der Waals surface area contributed by atoms with Gasteiger partial charge in [0.05, 0.1) is 26.3 Å². The first-order valence-corrected chi connectivity index (χ1v) is 6.65. The maximum atomic E-state index is 6.19. The Morgan fingerprint density at radius 2 is 1.94 bits per heavy atom. The van der Waals surface area contributed by atoms with Gasteiger partial charge in [0.1, 0.15) is 0 Å². The summed E-state index contributed by atoms with van der Waals surface area (Å²) in [6, 6.07) is 3.46. The van der Waals surface area contributed by atoms with E-state index in [2.05, 4.69) is 17.3 Å². The lowest BCUT2D eigenvalue weighted by Crippen LogP contribution is -2.09. The normalized spacial score (nSPS) is 10.9. The summed E-state index contributed by atoms with van der Waals surface area (Å²) < 4.78 is 0. The predicted molar refractivity (Wildman–Crippen MR) is 78.6 cm³/mol. The van der Waals surface area contributed by atoms with Crippen molar-refractivity contribution < 1.29 is 0 Å².